The van der Waals surface area contributed by atoms with Crippen LogP contribution in [0, 0.1) is 11.3 Å². The molecule has 0 unspecified atom stereocenters. The van der Waals surface area contributed by atoms with Crippen molar-refractivity contribution in [1.82, 2.24) is 19.8 Å². The summed E-state index contributed by atoms with van der Waals surface area (Å²) in [4.78, 5) is 4.12. The molecule has 4 rings (SSSR count). The van der Waals surface area contributed by atoms with Crippen molar-refractivity contribution >= 4 is 16.3 Å². The third-order valence-electron chi connectivity index (χ3n) is 3.49. The number of benzene rings is 1. The van der Waals surface area contributed by atoms with Gasteiger partial charge < -0.3 is 0 Å². The Balaban J connectivity index is 2.01. The molecule has 0 amide bonds. The van der Waals surface area contributed by atoms with E-state index >= 15 is 0 Å². The van der Waals surface area contributed by atoms with Gasteiger partial charge in [-0.1, -0.05) is 12.1 Å². The average molecular weight is 271 g/mol. The summed E-state index contributed by atoms with van der Waals surface area (Å²) in [7, 11) is 0. The molecule has 4 aromatic rings. The molecule has 0 atom stereocenters. The van der Waals surface area contributed by atoms with Crippen LogP contribution in [0.15, 0.2) is 55.0 Å². The Bertz CT molecular complexity index is 1010. The van der Waals surface area contributed by atoms with E-state index in [9.17, 15) is 5.26 Å². The fraction of sp³-hybridized carbons (Fsp3) is 0. The minimum absolute atomic E-state index is 0.434. The van der Waals surface area contributed by atoms with Crippen LogP contribution < -0.4 is 0 Å². The quantitative estimate of drug-likeness (QED) is 0.534. The lowest BCUT2D eigenvalue weighted by Gasteiger charge is -2.03. The first-order valence-corrected chi connectivity index (χ1v) is 6.45. The minimum Gasteiger partial charge on any atom is -0.245 e. The maximum absolute atomic E-state index is 9.19. The summed E-state index contributed by atoms with van der Waals surface area (Å²) in [5, 5.41) is 19.4. The van der Waals surface area contributed by atoms with Gasteiger partial charge in [0.1, 0.15) is 11.8 Å². The number of fused-ring (bicyclic) bond motifs is 2. The third-order valence-corrected chi connectivity index (χ3v) is 3.49. The van der Waals surface area contributed by atoms with Crippen LogP contribution in [-0.2, 0) is 0 Å². The molecule has 5 nitrogen and oxygen atoms in total. The average Bonchev–Trinajstić information content (AvgIpc) is 2.98. The van der Waals surface area contributed by atoms with Gasteiger partial charge in [-0.15, -0.1) is 0 Å². The lowest BCUT2D eigenvalue weighted by Crippen LogP contribution is -1.90. The zero-order valence-electron chi connectivity index (χ0n) is 10.9. The highest BCUT2D eigenvalue weighted by Gasteiger charge is 2.09. The summed E-state index contributed by atoms with van der Waals surface area (Å²) in [6.07, 6.45) is 5.13. The fourth-order valence-corrected chi connectivity index (χ4v) is 2.48. The molecule has 0 saturated carbocycles. The molecule has 0 aliphatic rings. The molecule has 0 radical (unpaired) electrons. The van der Waals surface area contributed by atoms with E-state index in [1.807, 2.05) is 36.4 Å². The van der Waals surface area contributed by atoms with E-state index < -0.39 is 0 Å². The molecule has 21 heavy (non-hydrogen) atoms. The van der Waals surface area contributed by atoms with E-state index in [1.165, 1.54) is 0 Å². The van der Waals surface area contributed by atoms with Gasteiger partial charge in [-0.05, 0) is 35.2 Å². The zero-order valence-corrected chi connectivity index (χ0v) is 10.9. The maximum atomic E-state index is 9.19. The summed E-state index contributed by atoms with van der Waals surface area (Å²) in [5.74, 6) is 0. The first-order valence-electron chi connectivity index (χ1n) is 6.45. The number of pyridine rings is 1. The second kappa shape index (κ2) is 4.39. The van der Waals surface area contributed by atoms with Crippen LogP contribution in [-0.4, -0.2) is 19.8 Å². The lowest BCUT2D eigenvalue weighted by atomic mass is 10.0. The Morgan fingerprint density at radius 3 is 2.90 bits per heavy atom. The van der Waals surface area contributed by atoms with Crippen molar-refractivity contribution in [1.29, 1.82) is 5.26 Å². The maximum Gasteiger partial charge on any atom is 0.148 e. The van der Waals surface area contributed by atoms with Crippen molar-refractivity contribution in [3.8, 4) is 17.2 Å². The second-order valence-electron chi connectivity index (χ2n) is 4.66. The van der Waals surface area contributed by atoms with E-state index in [4.69, 9.17) is 0 Å². The third kappa shape index (κ3) is 1.74. The Labute approximate surface area is 120 Å². The number of aromatic nitrogens is 4. The van der Waals surface area contributed by atoms with Gasteiger partial charge >= 0.3 is 0 Å². The molecule has 3 aromatic heterocycles. The van der Waals surface area contributed by atoms with Crippen LogP contribution in [0.25, 0.3) is 27.4 Å². The molecule has 1 aromatic carbocycles. The van der Waals surface area contributed by atoms with Crippen molar-refractivity contribution in [2.24, 2.45) is 0 Å². The smallest absolute Gasteiger partial charge is 0.148 e. The predicted molar refractivity (Wildman–Crippen MR) is 78.4 cm³/mol. The second-order valence-corrected chi connectivity index (χ2v) is 4.66. The van der Waals surface area contributed by atoms with Gasteiger partial charge in [-0.25, -0.2) is 4.98 Å². The number of rotatable bonds is 1. The molecule has 98 valence electrons. The zero-order chi connectivity index (χ0) is 14.2. The first-order chi connectivity index (χ1) is 10.4. The summed E-state index contributed by atoms with van der Waals surface area (Å²) >= 11 is 0. The molecule has 0 aliphatic heterocycles. The van der Waals surface area contributed by atoms with E-state index in [-0.39, 0.29) is 0 Å². The van der Waals surface area contributed by atoms with E-state index in [0.717, 1.165) is 27.4 Å². The van der Waals surface area contributed by atoms with Crippen LogP contribution in [0.1, 0.15) is 5.69 Å². The van der Waals surface area contributed by atoms with Gasteiger partial charge in [-0.2, -0.15) is 20.1 Å². The molecule has 0 spiro atoms. The SMILES string of the molecule is N#Cc1nccc2ccc(-c3cnn4ncccc34)cc12. The lowest BCUT2D eigenvalue weighted by molar-refractivity contribution is 0.800. The van der Waals surface area contributed by atoms with Crippen LogP contribution in [0.4, 0.5) is 0 Å². The normalized spacial score (nSPS) is 10.8. The molecule has 0 aliphatic carbocycles. The monoisotopic (exact) mass is 271 g/mol. The molecule has 0 N–H and O–H groups in total. The standard InChI is InChI=1S/C16H9N5/c17-9-15-13-8-12(4-3-11(13)5-7-18-15)14-10-20-21-16(14)2-1-6-19-21/h1-8,10H. The molecule has 0 bridgehead atoms. The van der Waals surface area contributed by atoms with Gasteiger partial charge in [0.2, 0.25) is 0 Å². The van der Waals surface area contributed by atoms with Crippen molar-refractivity contribution in [2.75, 3.05) is 0 Å². The fourth-order valence-electron chi connectivity index (χ4n) is 2.48. The topological polar surface area (TPSA) is 66.9 Å². The summed E-state index contributed by atoms with van der Waals surface area (Å²) in [6.45, 7) is 0. The van der Waals surface area contributed by atoms with E-state index in [2.05, 4.69) is 21.3 Å². The van der Waals surface area contributed by atoms with Crippen molar-refractivity contribution < 1.29 is 0 Å². The van der Waals surface area contributed by atoms with E-state index in [0.29, 0.717) is 5.69 Å². The van der Waals surface area contributed by atoms with Gasteiger partial charge in [-0.3, -0.25) is 0 Å². The van der Waals surface area contributed by atoms with E-state index in [1.54, 1.807) is 23.2 Å². The summed E-state index contributed by atoms with van der Waals surface area (Å²) in [6, 6.07) is 13.9. The Morgan fingerprint density at radius 2 is 2.00 bits per heavy atom. The minimum atomic E-state index is 0.434. The van der Waals surface area contributed by atoms with Crippen LogP contribution in [0.5, 0.6) is 0 Å². The molecular formula is C16H9N5. The number of nitriles is 1. The highest BCUT2D eigenvalue weighted by molar-refractivity contribution is 5.92. The van der Waals surface area contributed by atoms with Crippen LogP contribution >= 0.6 is 0 Å². The van der Waals surface area contributed by atoms with Crippen LogP contribution in [0.2, 0.25) is 0 Å². The number of nitrogens with zero attached hydrogens (tertiary/aromatic N) is 5. The highest BCUT2D eigenvalue weighted by atomic mass is 15.4. The summed E-state index contributed by atoms with van der Waals surface area (Å²) in [5.41, 5.74) is 3.34. The van der Waals surface area contributed by atoms with Gasteiger partial charge in [0.05, 0.1) is 11.7 Å². The Hall–Kier alpha value is -3.26. The number of hydrogen-bond acceptors (Lipinski definition) is 4. The largest absolute Gasteiger partial charge is 0.245 e. The molecule has 3 heterocycles. The van der Waals surface area contributed by atoms with Gasteiger partial charge in [0.15, 0.2) is 0 Å². The Kier molecular flexibility index (Phi) is 2.42. The summed E-state index contributed by atoms with van der Waals surface area (Å²) < 4.78 is 1.59. The predicted octanol–water partition coefficient (Wildman–Crippen LogP) is 2.82. The van der Waals surface area contributed by atoms with Crippen LogP contribution in [0.3, 0.4) is 0 Å². The van der Waals surface area contributed by atoms with Crippen molar-refractivity contribution in [3.05, 3.63) is 60.7 Å². The highest BCUT2D eigenvalue weighted by Crippen LogP contribution is 2.28. The van der Waals surface area contributed by atoms with Crippen molar-refractivity contribution in [2.45, 2.75) is 0 Å². The molecule has 0 fully saturated rings. The molecular weight excluding hydrogens is 262 g/mol. The van der Waals surface area contributed by atoms with Gasteiger partial charge in [0, 0.05) is 23.3 Å². The van der Waals surface area contributed by atoms with Crippen molar-refractivity contribution in [3.63, 3.8) is 0 Å². The number of hydrogen-bond donors (Lipinski definition) is 0. The Morgan fingerprint density at radius 1 is 1.05 bits per heavy atom. The van der Waals surface area contributed by atoms with Gasteiger partial charge in [0.25, 0.3) is 0 Å². The molecule has 0 saturated heterocycles. The molecule has 5 heteroatoms. The first kappa shape index (κ1) is 11.6.